The van der Waals surface area contributed by atoms with Gasteiger partial charge in [0.2, 0.25) is 0 Å². The van der Waals surface area contributed by atoms with Gasteiger partial charge in [-0.3, -0.25) is 0 Å². The molecular formula is C39H49BN2O6. The van der Waals surface area contributed by atoms with Gasteiger partial charge in [-0.15, -0.1) is 0 Å². The number of hydrogen-bond donors (Lipinski definition) is 0. The highest BCUT2D eigenvalue weighted by atomic mass is 16.7. The zero-order valence-corrected chi connectivity index (χ0v) is 30.2. The van der Waals surface area contributed by atoms with E-state index in [9.17, 15) is 9.59 Å². The first-order valence-corrected chi connectivity index (χ1v) is 17.1. The van der Waals surface area contributed by atoms with Crippen LogP contribution in [0.4, 0.5) is 10.5 Å². The molecule has 0 saturated carbocycles. The number of benzene rings is 3. The third-order valence-electron chi connectivity index (χ3n) is 10.6. The Hall–Kier alpha value is -3.82. The van der Waals surface area contributed by atoms with Gasteiger partial charge >= 0.3 is 19.2 Å². The first-order valence-electron chi connectivity index (χ1n) is 17.1. The molecule has 0 aromatic heterocycles. The zero-order valence-electron chi connectivity index (χ0n) is 30.2. The summed E-state index contributed by atoms with van der Waals surface area (Å²) in [6, 6.07) is 16.7. The van der Waals surface area contributed by atoms with Crippen LogP contribution in [0, 0.1) is 20.8 Å². The Bertz CT molecular complexity index is 1690. The standard InChI is InChI=1S/C39H49BN2O6/c1-24-32(35(43)46-37(4,5)6)25(2)34(26(3)33(24)40-47-38(7,8)39(9,10)48-40)41-19-21-42(22-20-41)36(44)45-23-31-29-17-13-11-15-27(29)28-16-12-14-18-30(28)31/h11-18,31H,19-23H2,1-10H3. The van der Waals surface area contributed by atoms with Gasteiger partial charge in [-0.1, -0.05) is 48.5 Å². The van der Waals surface area contributed by atoms with Crippen LogP contribution in [0.1, 0.15) is 92.6 Å². The number of carbonyl (C=O) groups excluding carboxylic acids is 2. The average Bonchev–Trinajstić information content (AvgIpc) is 3.43. The maximum atomic E-state index is 13.8. The van der Waals surface area contributed by atoms with Crippen LogP contribution in [0.15, 0.2) is 48.5 Å². The van der Waals surface area contributed by atoms with Crippen molar-refractivity contribution in [2.24, 2.45) is 0 Å². The van der Waals surface area contributed by atoms with Gasteiger partial charge < -0.3 is 28.6 Å². The average molecular weight is 653 g/mol. The van der Waals surface area contributed by atoms with Gasteiger partial charge in [0.1, 0.15) is 12.2 Å². The van der Waals surface area contributed by atoms with Crippen LogP contribution in [0.2, 0.25) is 0 Å². The minimum atomic E-state index is -0.653. The molecule has 3 aromatic carbocycles. The van der Waals surface area contributed by atoms with E-state index in [0.29, 0.717) is 38.3 Å². The third-order valence-corrected chi connectivity index (χ3v) is 10.6. The quantitative estimate of drug-likeness (QED) is 0.218. The normalized spacial score (nSPS) is 18.5. The number of carbonyl (C=O) groups is 2. The summed E-state index contributed by atoms with van der Waals surface area (Å²) >= 11 is 0. The van der Waals surface area contributed by atoms with Crippen molar-refractivity contribution >= 4 is 30.3 Å². The molecule has 9 heteroatoms. The number of fused-ring (bicyclic) bond motifs is 3. The Morgan fingerprint density at radius 2 is 1.33 bits per heavy atom. The summed E-state index contributed by atoms with van der Waals surface area (Å²) in [7, 11) is -0.641. The molecule has 8 nitrogen and oxygen atoms in total. The van der Waals surface area contributed by atoms with Crippen molar-refractivity contribution in [2.75, 3.05) is 37.7 Å². The molecule has 0 atom stereocenters. The number of piperazine rings is 1. The summed E-state index contributed by atoms with van der Waals surface area (Å²) in [5.74, 6) is -0.353. The molecule has 0 bridgehead atoms. The van der Waals surface area contributed by atoms with Crippen molar-refractivity contribution in [3.63, 3.8) is 0 Å². The number of hydrogen-bond acceptors (Lipinski definition) is 7. The molecule has 1 aliphatic carbocycles. The Labute approximate surface area is 285 Å². The van der Waals surface area contributed by atoms with Crippen LogP contribution >= 0.6 is 0 Å². The van der Waals surface area contributed by atoms with Gasteiger partial charge in [0.15, 0.2) is 0 Å². The second-order valence-electron chi connectivity index (χ2n) is 15.4. The minimum absolute atomic E-state index is 0.0140. The van der Waals surface area contributed by atoms with Crippen LogP contribution in [0.5, 0.6) is 0 Å². The fourth-order valence-corrected chi connectivity index (χ4v) is 7.45. The van der Waals surface area contributed by atoms with Crippen LogP contribution in [-0.4, -0.2) is 73.7 Å². The lowest BCUT2D eigenvalue weighted by Crippen LogP contribution is -2.50. The molecular weight excluding hydrogens is 603 g/mol. The number of amides is 1. The summed E-state index contributed by atoms with van der Waals surface area (Å²) in [6.07, 6.45) is -0.304. The molecule has 48 heavy (non-hydrogen) atoms. The summed E-state index contributed by atoms with van der Waals surface area (Å²) in [6.45, 7) is 22.2. The largest absolute Gasteiger partial charge is 0.495 e. The Balaban J connectivity index is 1.23. The molecule has 2 aliphatic heterocycles. The fourth-order valence-electron chi connectivity index (χ4n) is 7.45. The third kappa shape index (κ3) is 6.00. The second-order valence-corrected chi connectivity index (χ2v) is 15.4. The van der Waals surface area contributed by atoms with E-state index in [1.165, 1.54) is 22.3 Å². The van der Waals surface area contributed by atoms with E-state index in [1.54, 1.807) is 4.90 Å². The van der Waals surface area contributed by atoms with Gasteiger partial charge in [-0.25, -0.2) is 9.59 Å². The predicted octanol–water partition coefficient (Wildman–Crippen LogP) is 6.94. The van der Waals surface area contributed by atoms with Gasteiger partial charge in [-0.2, -0.15) is 0 Å². The van der Waals surface area contributed by atoms with Crippen LogP contribution < -0.4 is 10.4 Å². The summed E-state index contributed by atoms with van der Waals surface area (Å²) in [5.41, 5.74) is 8.08. The fraction of sp³-hybridized carbons (Fsp3) is 0.487. The van der Waals surface area contributed by atoms with Crippen molar-refractivity contribution in [1.82, 2.24) is 4.90 Å². The van der Waals surface area contributed by atoms with E-state index in [-0.39, 0.29) is 18.0 Å². The molecule has 254 valence electrons. The smallest absolute Gasteiger partial charge is 0.456 e. The number of rotatable bonds is 5. The van der Waals surface area contributed by atoms with Crippen molar-refractivity contribution in [3.05, 3.63) is 81.9 Å². The van der Waals surface area contributed by atoms with Crippen LogP contribution in [0.25, 0.3) is 11.1 Å². The predicted molar refractivity (Wildman–Crippen MR) is 190 cm³/mol. The van der Waals surface area contributed by atoms with E-state index in [1.807, 2.05) is 74.4 Å². The molecule has 0 N–H and O–H groups in total. The van der Waals surface area contributed by atoms with Crippen molar-refractivity contribution < 1.29 is 28.4 Å². The molecule has 0 unspecified atom stereocenters. The van der Waals surface area contributed by atoms with E-state index >= 15 is 0 Å². The van der Waals surface area contributed by atoms with Gasteiger partial charge in [0, 0.05) is 37.8 Å². The number of anilines is 1. The maximum Gasteiger partial charge on any atom is 0.495 e. The Kier molecular flexibility index (Phi) is 8.70. The first-order chi connectivity index (χ1) is 22.5. The highest BCUT2D eigenvalue weighted by Gasteiger charge is 2.53. The SMILES string of the molecule is Cc1c(B2OC(C)(C)C(C)(C)O2)c(C)c(N2CCN(C(=O)OCC3c4ccccc4-c4ccccc43)CC2)c(C)c1C(=O)OC(C)(C)C. The first kappa shape index (κ1) is 34.1. The lowest BCUT2D eigenvalue weighted by atomic mass is 9.70. The molecule has 3 aromatic rings. The van der Waals surface area contributed by atoms with Gasteiger partial charge in [0.25, 0.3) is 0 Å². The van der Waals surface area contributed by atoms with Crippen molar-refractivity contribution in [2.45, 2.75) is 92.0 Å². The monoisotopic (exact) mass is 652 g/mol. The van der Waals surface area contributed by atoms with E-state index in [0.717, 1.165) is 27.8 Å². The molecule has 1 amide bonds. The summed E-state index contributed by atoms with van der Waals surface area (Å²) < 4.78 is 25.0. The van der Waals surface area contributed by atoms with Crippen LogP contribution in [0.3, 0.4) is 0 Å². The van der Waals surface area contributed by atoms with Crippen molar-refractivity contribution in [3.8, 4) is 11.1 Å². The van der Waals surface area contributed by atoms with Crippen molar-refractivity contribution in [1.29, 1.82) is 0 Å². The molecule has 2 saturated heterocycles. The molecule has 2 heterocycles. The lowest BCUT2D eigenvalue weighted by Gasteiger charge is -2.38. The van der Waals surface area contributed by atoms with E-state index < -0.39 is 23.9 Å². The summed E-state index contributed by atoms with van der Waals surface area (Å²) in [4.78, 5) is 31.2. The molecule has 2 fully saturated rings. The van der Waals surface area contributed by atoms with Crippen LogP contribution in [-0.2, 0) is 18.8 Å². The number of esters is 1. The van der Waals surface area contributed by atoms with E-state index in [4.69, 9.17) is 18.8 Å². The zero-order chi connectivity index (χ0) is 34.8. The highest BCUT2D eigenvalue weighted by molar-refractivity contribution is 6.63. The molecule has 6 rings (SSSR count). The number of ether oxygens (including phenoxy) is 2. The highest BCUT2D eigenvalue weighted by Crippen LogP contribution is 2.45. The van der Waals surface area contributed by atoms with Gasteiger partial charge in [0.05, 0.1) is 16.8 Å². The lowest BCUT2D eigenvalue weighted by molar-refractivity contribution is 0.00578. The molecule has 3 aliphatic rings. The molecule has 0 spiro atoms. The van der Waals surface area contributed by atoms with Gasteiger partial charge in [-0.05, 0) is 114 Å². The maximum absolute atomic E-state index is 13.8. The number of nitrogens with zero attached hydrogens (tertiary/aromatic N) is 2. The second kappa shape index (κ2) is 12.3. The van der Waals surface area contributed by atoms with E-state index in [2.05, 4.69) is 48.2 Å². The topological polar surface area (TPSA) is 77.5 Å². The summed E-state index contributed by atoms with van der Waals surface area (Å²) in [5, 5.41) is 0. The minimum Gasteiger partial charge on any atom is -0.456 e. The Morgan fingerprint density at radius 3 is 1.85 bits per heavy atom. The Morgan fingerprint density at radius 1 is 0.812 bits per heavy atom. The molecule has 0 radical (unpaired) electrons.